The van der Waals surface area contributed by atoms with Crippen molar-refractivity contribution in [3.05, 3.63) is 36.2 Å². The number of para-hydroxylation sites is 2. The van der Waals surface area contributed by atoms with Crippen LogP contribution in [0, 0.1) is 0 Å². The van der Waals surface area contributed by atoms with E-state index in [0.29, 0.717) is 5.89 Å². The van der Waals surface area contributed by atoms with Crippen LogP contribution < -0.4 is 0 Å². The number of benzene rings is 1. The quantitative estimate of drug-likeness (QED) is 0.776. The Bertz CT molecular complexity index is 576. The molecule has 2 heterocycles. The number of piperidine rings is 1. The van der Waals surface area contributed by atoms with Gasteiger partial charge in [-0.05, 0) is 31.4 Å². The summed E-state index contributed by atoms with van der Waals surface area (Å²) in [7, 11) is 0. The van der Waals surface area contributed by atoms with Gasteiger partial charge in [0.1, 0.15) is 5.52 Å². The van der Waals surface area contributed by atoms with Crippen molar-refractivity contribution in [1.82, 2.24) is 9.88 Å². The van der Waals surface area contributed by atoms with Crippen molar-refractivity contribution in [2.75, 3.05) is 13.1 Å². The Kier molecular flexibility index (Phi) is 3.31. The second-order valence-corrected chi connectivity index (χ2v) is 4.74. The molecule has 0 aliphatic carbocycles. The summed E-state index contributed by atoms with van der Waals surface area (Å²) >= 11 is 0. The highest BCUT2D eigenvalue weighted by Crippen LogP contribution is 2.16. The highest BCUT2D eigenvalue weighted by molar-refractivity contribution is 5.91. The Morgan fingerprint density at radius 2 is 2.00 bits per heavy atom. The van der Waals surface area contributed by atoms with Gasteiger partial charge in [-0.1, -0.05) is 12.1 Å². The van der Waals surface area contributed by atoms with Gasteiger partial charge in [0.05, 0.1) is 0 Å². The van der Waals surface area contributed by atoms with Gasteiger partial charge in [-0.3, -0.25) is 4.79 Å². The maximum absolute atomic E-state index is 12.0. The maximum atomic E-state index is 12.0. The number of oxazole rings is 1. The second kappa shape index (κ2) is 5.26. The van der Waals surface area contributed by atoms with Crippen LogP contribution in [0.2, 0.25) is 0 Å². The Morgan fingerprint density at radius 1 is 1.21 bits per heavy atom. The molecule has 1 aromatic heterocycles. The Balaban J connectivity index is 1.72. The van der Waals surface area contributed by atoms with Gasteiger partial charge in [-0.25, -0.2) is 4.98 Å². The van der Waals surface area contributed by atoms with Gasteiger partial charge < -0.3 is 9.32 Å². The van der Waals surface area contributed by atoms with Crippen LogP contribution in [-0.2, 0) is 4.79 Å². The minimum absolute atomic E-state index is 0.0435. The van der Waals surface area contributed by atoms with Crippen molar-refractivity contribution in [3.8, 4) is 0 Å². The maximum Gasteiger partial charge on any atom is 0.246 e. The molecule has 4 heteroatoms. The van der Waals surface area contributed by atoms with Gasteiger partial charge in [0.15, 0.2) is 5.58 Å². The molecule has 19 heavy (non-hydrogen) atoms. The first kappa shape index (κ1) is 12.0. The van der Waals surface area contributed by atoms with Crippen LogP contribution in [0.3, 0.4) is 0 Å². The Labute approximate surface area is 111 Å². The van der Waals surface area contributed by atoms with Crippen LogP contribution in [0.15, 0.2) is 34.8 Å². The number of hydrogen-bond acceptors (Lipinski definition) is 3. The summed E-state index contributed by atoms with van der Waals surface area (Å²) in [4.78, 5) is 18.1. The number of aromatic nitrogens is 1. The van der Waals surface area contributed by atoms with E-state index in [4.69, 9.17) is 4.42 Å². The van der Waals surface area contributed by atoms with Crippen LogP contribution in [0.25, 0.3) is 17.2 Å². The van der Waals surface area contributed by atoms with Crippen molar-refractivity contribution >= 4 is 23.1 Å². The molecular weight excluding hydrogens is 240 g/mol. The molecule has 1 saturated heterocycles. The van der Waals surface area contributed by atoms with Crippen LogP contribution in [0.1, 0.15) is 25.2 Å². The topological polar surface area (TPSA) is 46.3 Å². The summed E-state index contributed by atoms with van der Waals surface area (Å²) in [6.07, 6.45) is 6.62. The van der Waals surface area contributed by atoms with Crippen molar-refractivity contribution in [1.29, 1.82) is 0 Å². The average molecular weight is 256 g/mol. The fourth-order valence-electron chi connectivity index (χ4n) is 2.32. The van der Waals surface area contributed by atoms with Crippen molar-refractivity contribution in [2.45, 2.75) is 19.3 Å². The number of fused-ring (bicyclic) bond motifs is 1. The van der Waals surface area contributed by atoms with Crippen LogP contribution in [-0.4, -0.2) is 28.9 Å². The zero-order valence-electron chi connectivity index (χ0n) is 10.7. The number of rotatable bonds is 2. The number of carbonyl (C=O) groups is 1. The number of amides is 1. The first-order valence-corrected chi connectivity index (χ1v) is 6.65. The lowest BCUT2D eigenvalue weighted by molar-refractivity contribution is -0.126. The molecule has 0 bridgehead atoms. The molecule has 0 N–H and O–H groups in total. The lowest BCUT2D eigenvalue weighted by Crippen LogP contribution is -2.34. The van der Waals surface area contributed by atoms with E-state index in [1.165, 1.54) is 6.42 Å². The first-order valence-electron chi connectivity index (χ1n) is 6.65. The molecule has 1 aromatic carbocycles. The Hall–Kier alpha value is -2.10. The van der Waals surface area contributed by atoms with E-state index >= 15 is 0 Å². The number of hydrogen-bond donors (Lipinski definition) is 0. The summed E-state index contributed by atoms with van der Waals surface area (Å²) < 4.78 is 5.54. The molecule has 1 amide bonds. The lowest BCUT2D eigenvalue weighted by Gasteiger charge is -2.25. The fourth-order valence-corrected chi connectivity index (χ4v) is 2.32. The fraction of sp³-hybridized carbons (Fsp3) is 0.333. The predicted molar refractivity (Wildman–Crippen MR) is 73.5 cm³/mol. The minimum atomic E-state index is 0.0435. The first-order chi connectivity index (χ1) is 9.33. The van der Waals surface area contributed by atoms with Gasteiger partial charge in [0, 0.05) is 25.2 Å². The molecule has 0 radical (unpaired) electrons. The number of carbonyl (C=O) groups excluding carboxylic acids is 1. The van der Waals surface area contributed by atoms with E-state index in [0.717, 1.165) is 37.0 Å². The van der Waals surface area contributed by atoms with Gasteiger partial charge in [0.25, 0.3) is 0 Å². The highest BCUT2D eigenvalue weighted by Gasteiger charge is 2.13. The average Bonchev–Trinajstić information content (AvgIpc) is 2.88. The molecule has 0 unspecified atom stereocenters. The highest BCUT2D eigenvalue weighted by atomic mass is 16.3. The monoisotopic (exact) mass is 256 g/mol. The van der Waals surface area contributed by atoms with E-state index in [9.17, 15) is 4.79 Å². The molecule has 98 valence electrons. The third-order valence-corrected chi connectivity index (χ3v) is 3.35. The smallest absolute Gasteiger partial charge is 0.246 e. The third kappa shape index (κ3) is 2.67. The van der Waals surface area contributed by atoms with Crippen LogP contribution >= 0.6 is 0 Å². The standard InChI is InChI=1S/C15H16N2O2/c18-15(17-10-4-1-5-11-17)9-8-14-16-12-6-2-3-7-13(12)19-14/h2-3,6-9H,1,4-5,10-11H2/b9-8+. The largest absolute Gasteiger partial charge is 0.437 e. The van der Waals surface area contributed by atoms with E-state index in [1.54, 1.807) is 12.2 Å². The molecule has 1 fully saturated rings. The molecule has 0 atom stereocenters. The van der Waals surface area contributed by atoms with Crippen molar-refractivity contribution in [3.63, 3.8) is 0 Å². The Morgan fingerprint density at radius 3 is 2.79 bits per heavy atom. The molecule has 4 nitrogen and oxygen atoms in total. The van der Waals surface area contributed by atoms with Crippen LogP contribution in [0.4, 0.5) is 0 Å². The normalized spacial score (nSPS) is 16.3. The van der Waals surface area contributed by atoms with E-state index in [1.807, 2.05) is 29.2 Å². The molecule has 2 aromatic rings. The van der Waals surface area contributed by atoms with Crippen LogP contribution in [0.5, 0.6) is 0 Å². The number of nitrogens with zero attached hydrogens (tertiary/aromatic N) is 2. The van der Waals surface area contributed by atoms with E-state index in [-0.39, 0.29) is 5.91 Å². The third-order valence-electron chi connectivity index (χ3n) is 3.35. The number of likely N-dealkylation sites (tertiary alicyclic amines) is 1. The molecule has 0 saturated carbocycles. The van der Waals surface area contributed by atoms with Gasteiger partial charge in [0.2, 0.25) is 11.8 Å². The van der Waals surface area contributed by atoms with E-state index in [2.05, 4.69) is 4.98 Å². The zero-order chi connectivity index (χ0) is 13.1. The zero-order valence-corrected chi connectivity index (χ0v) is 10.7. The molecule has 1 aliphatic heterocycles. The summed E-state index contributed by atoms with van der Waals surface area (Å²) in [6, 6.07) is 7.58. The predicted octanol–water partition coefficient (Wildman–Crippen LogP) is 2.85. The summed E-state index contributed by atoms with van der Waals surface area (Å²) in [5.41, 5.74) is 1.56. The molecular formula is C15H16N2O2. The summed E-state index contributed by atoms with van der Waals surface area (Å²) in [5.74, 6) is 0.522. The SMILES string of the molecule is O=C(/C=C/c1nc2ccccc2o1)N1CCCCC1. The van der Waals surface area contributed by atoms with Gasteiger partial charge >= 0.3 is 0 Å². The molecule has 3 rings (SSSR count). The minimum Gasteiger partial charge on any atom is -0.437 e. The van der Waals surface area contributed by atoms with Gasteiger partial charge in [-0.2, -0.15) is 0 Å². The van der Waals surface area contributed by atoms with Gasteiger partial charge in [-0.15, -0.1) is 0 Å². The van der Waals surface area contributed by atoms with E-state index < -0.39 is 0 Å². The summed E-state index contributed by atoms with van der Waals surface area (Å²) in [5, 5.41) is 0. The lowest BCUT2D eigenvalue weighted by atomic mass is 10.1. The van der Waals surface area contributed by atoms with Crippen molar-refractivity contribution in [2.24, 2.45) is 0 Å². The summed E-state index contributed by atoms with van der Waals surface area (Å²) in [6.45, 7) is 1.72. The molecule has 1 aliphatic rings. The second-order valence-electron chi connectivity index (χ2n) is 4.74. The molecule has 0 spiro atoms. The van der Waals surface area contributed by atoms with Crippen molar-refractivity contribution < 1.29 is 9.21 Å².